The number of anilines is 3. The van der Waals surface area contributed by atoms with E-state index in [1.54, 1.807) is 30.2 Å². The van der Waals surface area contributed by atoms with Crippen LogP contribution in [0.15, 0.2) is 43.0 Å². The lowest BCUT2D eigenvalue weighted by Gasteiger charge is -2.30. The number of methoxy groups -OCH3 is 1. The van der Waals surface area contributed by atoms with Gasteiger partial charge in [0.1, 0.15) is 29.8 Å². The smallest absolute Gasteiger partial charge is 0.245 e. The van der Waals surface area contributed by atoms with Crippen LogP contribution < -0.4 is 15.8 Å². The number of hydrogen-bond donors (Lipinski definition) is 2. The molecule has 2 aromatic carbocycles. The first-order chi connectivity index (χ1) is 16.9. The summed E-state index contributed by atoms with van der Waals surface area (Å²) in [4.78, 5) is 23.4. The Labute approximate surface area is 207 Å². The number of nitrogens with two attached hydrogens (primary N) is 1. The van der Waals surface area contributed by atoms with Gasteiger partial charge in [0.15, 0.2) is 0 Å². The van der Waals surface area contributed by atoms with Crippen LogP contribution in [-0.4, -0.2) is 54.2 Å². The number of halogens is 2. The molecule has 3 aromatic rings. The average molecular weight is 500 g/mol. The summed E-state index contributed by atoms with van der Waals surface area (Å²) in [5, 5.41) is 3.92. The number of nitrogen functional groups attached to an aromatic ring is 1. The number of aromatic nitrogens is 2. The van der Waals surface area contributed by atoms with Gasteiger partial charge in [-0.05, 0) is 43.2 Å². The number of nitrogens with zero attached hydrogens (tertiary/aromatic N) is 3. The highest BCUT2D eigenvalue weighted by Crippen LogP contribution is 2.35. The maximum atomic E-state index is 13.7. The van der Waals surface area contributed by atoms with Crippen molar-refractivity contribution in [2.75, 3.05) is 44.5 Å². The van der Waals surface area contributed by atoms with Crippen LogP contribution in [0.2, 0.25) is 5.02 Å². The Balaban J connectivity index is 1.71. The highest BCUT2D eigenvalue weighted by atomic mass is 35.5. The summed E-state index contributed by atoms with van der Waals surface area (Å²) in [6.45, 7) is 5.53. The van der Waals surface area contributed by atoms with Crippen LogP contribution in [0, 0.1) is 5.82 Å². The molecule has 0 unspecified atom stereocenters. The molecular formula is C25H27ClFN5O3. The molecule has 1 saturated heterocycles. The second kappa shape index (κ2) is 10.9. The van der Waals surface area contributed by atoms with E-state index in [0.29, 0.717) is 66.0 Å². The van der Waals surface area contributed by atoms with E-state index in [2.05, 4.69) is 11.9 Å². The van der Waals surface area contributed by atoms with E-state index in [9.17, 15) is 9.18 Å². The fourth-order valence-corrected chi connectivity index (χ4v) is 4.21. The van der Waals surface area contributed by atoms with Crippen LogP contribution in [0.4, 0.5) is 21.6 Å². The molecule has 35 heavy (non-hydrogen) atoms. The van der Waals surface area contributed by atoms with Gasteiger partial charge in [0, 0.05) is 43.3 Å². The SMILES string of the molecule is C=CC(=O)N1CCC(c2nc(Nc3ccc(F)c(Cl)c3)c3cc(N)c(OCCOC)cc3n2)CC1. The maximum absolute atomic E-state index is 13.7. The zero-order valence-corrected chi connectivity index (χ0v) is 20.1. The van der Waals surface area contributed by atoms with Crippen molar-refractivity contribution in [3.8, 4) is 5.75 Å². The van der Waals surface area contributed by atoms with E-state index in [0.717, 1.165) is 12.8 Å². The Hall–Kier alpha value is -3.43. The van der Waals surface area contributed by atoms with Crippen LogP contribution in [-0.2, 0) is 9.53 Å². The summed E-state index contributed by atoms with van der Waals surface area (Å²) in [6.07, 6.45) is 2.77. The molecule has 1 aliphatic rings. The molecule has 184 valence electrons. The maximum Gasteiger partial charge on any atom is 0.245 e. The van der Waals surface area contributed by atoms with Gasteiger partial charge in [-0.15, -0.1) is 0 Å². The van der Waals surface area contributed by atoms with Crippen molar-refractivity contribution in [3.63, 3.8) is 0 Å². The molecule has 4 rings (SSSR count). The van der Waals surface area contributed by atoms with E-state index in [-0.39, 0.29) is 16.8 Å². The first-order valence-electron chi connectivity index (χ1n) is 11.3. The number of carbonyl (C=O) groups is 1. The minimum Gasteiger partial charge on any atom is -0.489 e. The molecule has 1 amide bonds. The molecule has 0 bridgehead atoms. The van der Waals surface area contributed by atoms with Crippen molar-refractivity contribution in [2.24, 2.45) is 0 Å². The molecule has 3 N–H and O–H groups in total. The van der Waals surface area contributed by atoms with Crippen molar-refractivity contribution in [1.29, 1.82) is 0 Å². The molecule has 1 aromatic heterocycles. The number of rotatable bonds is 8. The monoisotopic (exact) mass is 499 g/mol. The van der Waals surface area contributed by atoms with Gasteiger partial charge in [0.25, 0.3) is 0 Å². The number of nitrogens with one attached hydrogen (secondary N) is 1. The summed E-state index contributed by atoms with van der Waals surface area (Å²) in [5.74, 6) is 1.14. The van der Waals surface area contributed by atoms with E-state index in [1.807, 2.05) is 0 Å². The molecule has 0 radical (unpaired) electrons. The topological polar surface area (TPSA) is 103 Å². The van der Waals surface area contributed by atoms with E-state index in [1.165, 1.54) is 18.2 Å². The number of benzene rings is 2. The highest BCUT2D eigenvalue weighted by molar-refractivity contribution is 6.31. The molecule has 0 aliphatic carbocycles. The minimum atomic E-state index is -0.506. The minimum absolute atomic E-state index is 0.00110. The number of fused-ring (bicyclic) bond motifs is 1. The summed E-state index contributed by atoms with van der Waals surface area (Å²) in [7, 11) is 1.60. The van der Waals surface area contributed by atoms with Gasteiger partial charge < -0.3 is 25.4 Å². The fourth-order valence-electron chi connectivity index (χ4n) is 4.03. The van der Waals surface area contributed by atoms with Crippen molar-refractivity contribution >= 4 is 45.6 Å². The second-order valence-corrected chi connectivity index (χ2v) is 8.64. The number of piperidine rings is 1. The van der Waals surface area contributed by atoms with E-state index >= 15 is 0 Å². The van der Waals surface area contributed by atoms with Crippen LogP contribution in [0.3, 0.4) is 0 Å². The molecule has 1 aliphatic heterocycles. The van der Waals surface area contributed by atoms with E-state index in [4.69, 9.17) is 36.8 Å². The third-order valence-corrected chi connectivity index (χ3v) is 6.21. The van der Waals surface area contributed by atoms with Crippen LogP contribution in [0.5, 0.6) is 5.75 Å². The molecule has 10 heteroatoms. The number of amides is 1. The van der Waals surface area contributed by atoms with Gasteiger partial charge >= 0.3 is 0 Å². The van der Waals surface area contributed by atoms with Gasteiger partial charge in [-0.2, -0.15) is 0 Å². The van der Waals surface area contributed by atoms with Crippen LogP contribution in [0.1, 0.15) is 24.6 Å². The van der Waals surface area contributed by atoms with Gasteiger partial charge in [0.05, 0.1) is 22.8 Å². The fraction of sp³-hybridized carbons (Fsp3) is 0.320. The lowest BCUT2D eigenvalue weighted by molar-refractivity contribution is -0.127. The highest BCUT2D eigenvalue weighted by Gasteiger charge is 2.26. The number of ether oxygens (including phenoxy) is 2. The molecule has 8 nitrogen and oxygen atoms in total. The zero-order valence-electron chi connectivity index (χ0n) is 19.4. The third kappa shape index (κ3) is 5.63. The summed E-state index contributed by atoms with van der Waals surface area (Å²) >= 11 is 5.98. The quantitative estimate of drug-likeness (QED) is 0.264. The van der Waals surface area contributed by atoms with Gasteiger partial charge in [-0.1, -0.05) is 18.2 Å². The standard InChI is InChI=1S/C25H27ClFN5O3/c1-3-23(33)32-8-6-15(7-9-32)24-30-21-14-22(35-11-10-34-2)20(28)13-17(21)25(31-24)29-16-4-5-19(27)18(26)12-16/h3-5,12-15H,1,6-11,28H2,2H3,(H,29,30,31). The van der Waals surface area contributed by atoms with Crippen LogP contribution in [0.25, 0.3) is 10.9 Å². The normalized spacial score (nSPS) is 14.2. The van der Waals surface area contributed by atoms with E-state index < -0.39 is 5.82 Å². The van der Waals surface area contributed by atoms with Crippen molar-refractivity contribution in [3.05, 3.63) is 59.7 Å². The Kier molecular flexibility index (Phi) is 7.67. The molecule has 0 atom stereocenters. The molecule has 2 heterocycles. The summed E-state index contributed by atoms with van der Waals surface area (Å²) in [6, 6.07) is 7.90. The number of likely N-dealkylation sites (tertiary alicyclic amines) is 1. The summed E-state index contributed by atoms with van der Waals surface area (Å²) in [5.41, 5.74) is 7.91. The van der Waals surface area contributed by atoms with Crippen molar-refractivity contribution in [2.45, 2.75) is 18.8 Å². The lowest BCUT2D eigenvalue weighted by Crippen LogP contribution is -2.37. The first kappa shape index (κ1) is 24.7. The zero-order chi connectivity index (χ0) is 24.9. The Morgan fingerprint density at radius 3 is 2.74 bits per heavy atom. The van der Waals surface area contributed by atoms with Gasteiger partial charge in [0.2, 0.25) is 5.91 Å². The largest absolute Gasteiger partial charge is 0.489 e. The average Bonchev–Trinajstić information content (AvgIpc) is 2.86. The summed E-state index contributed by atoms with van der Waals surface area (Å²) < 4.78 is 24.5. The van der Waals surface area contributed by atoms with Gasteiger partial charge in [-0.3, -0.25) is 4.79 Å². The predicted octanol–water partition coefficient (Wildman–Crippen LogP) is 4.67. The number of hydrogen-bond acceptors (Lipinski definition) is 7. The molecule has 0 spiro atoms. The van der Waals surface area contributed by atoms with Crippen LogP contribution >= 0.6 is 11.6 Å². The molecule has 0 saturated carbocycles. The Bertz CT molecular complexity index is 1250. The second-order valence-electron chi connectivity index (χ2n) is 8.24. The predicted molar refractivity (Wildman–Crippen MR) is 135 cm³/mol. The first-order valence-corrected chi connectivity index (χ1v) is 11.6. The lowest BCUT2D eigenvalue weighted by atomic mass is 9.95. The molecular weight excluding hydrogens is 473 g/mol. The Morgan fingerprint density at radius 2 is 2.06 bits per heavy atom. The van der Waals surface area contributed by atoms with Crippen molar-refractivity contribution in [1.82, 2.24) is 14.9 Å². The Morgan fingerprint density at radius 1 is 1.29 bits per heavy atom. The number of carbonyl (C=O) groups excluding carboxylic acids is 1. The third-order valence-electron chi connectivity index (χ3n) is 5.92. The molecule has 1 fully saturated rings. The van der Waals surface area contributed by atoms with Gasteiger partial charge in [-0.25, -0.2) is 14.4 Å². The van der Waals surface area contributed by atoms with Crippen molar-refractivity contribution < 1.29 is 18.7 Å².